The highest BCUT2D eigenvalue weighted by atomic mass is 16.5. The molecule has 0 aliphatic heterocycles. The summed E-state index contributed by atoms with van der Waals surface area (Å²) in [6.45, 7) is 4.05. The number of rotatable bonds is 7. The maximum atomic E-state index is 12.8. The fourth-order valence-corrected chi connectivity index (χ4v) is 2.78. The van der Waals surface area contributed by atoms with Gasteiger partial charge < -0.3 is 19.5 Å². The quantitative estimate of drug-likeness (QED) is 0.823. The van der Waals surface area contributed by atoms with Crippen molar-refractivity contribution in [2.75, 3.05) is 26.6 Å². The van der Waals surface area contributed by atoms with Gasteiger partial charge in [0.15, 0.2) is 11.5 Å². The van der Waals surface area contributed by atoms with Gasteiger partial charge in [-0.2, -0.15) is 0 Å². The summed E-state index contributed by atoms with van der Waals surface area (Å²) in [5.41, 5.74) is 1.62. The van der Waals surface area contributed by atoms with Crippen molar-refractivity contribution >= 4 is 11.6 Å². The van der Waals surface area contributed by atoms with Crippen LogP contribution in [0.5, 0.6) is 17.2 Å². The van der Waals surface area contributed by atoms with E-state index in [-0.39, 0.29) is 17.7 Å². The molecule has 5 nitrogen and oxygen atoms in total. The van der Waals surface area contributed by atoms with Crippen LogP contribution in [0, 0.1) is 5.92 Å². The highest BCUT2D eigenvalue weighted by Gasteiger charge is 2.25. The lowest BCUT2D eigenvalue weighted by Crippen LogP contribution is -2.25. The molecule has 134 valence electrons. The summed E-state index contributed by atoms with van der Waals surface area (Å²) < 4.78 is 15.8. The zero-order valence-corrected chi connectivity index (χ0v) is 15.3. The predicted octanol–water partition coefficient (Wildman–Crippen LogP) is 4.09. The molecule has 0 aliphatic rings. The molecule has 0 saturated carbocycles. The first-order chi connectivity index (χ1) is 12.0. The lowest BCUT2D eigenvalue weighted by molar-refractivity contribution is -0.118. The second-order valence-electron chi connectivity index (χ2n) is 6.05. The molecule has 0 radical (unpaired) electrons. The zero-order valence-electron chi connectivity index (χ0n) is 15.3. The van der Waals surface area contributed by atoms with Gasteiger partial charge >= 0.3 is 0 Å². The average Bonchev–Trinajstić information content (AvgIpc) is 2.62. The van der Waals surface area contributed by atoms with Gasteiger partial charge in [-0.1, -0.05) is 19.9 Å². The number of amides is 1. The van der Waals surface area contributed by atoms with Crippen molar-refractivity contribution in [3.8, 4) is 17.2 Å². The number of anilines is 1. The Morgan fingerprint density at radius 2 is 1.52 bits per heavy atom. The van der Waals surface area contributed by atoms with Crippen LogP contribution >= 0.6 is 0 Å². The molecule has 0 spiro atoms. The van der Waals surface area contributed by atoms with Crippen LogP contribution in [-0.4, -0.2) is 27.2 Å². The van der Waals surface area contributed by atoms with E-state index in [1.54, 1.807) is 21.3 Å². The number of ether oxygens (including phenoxy) is 3. The molecular weight excluding hydrogens is 318 g/mol. The fraction of sp³-hybridized carbons (Fsp3) is 0.350. The summed E-state index contributed by atoms with van der Waals surface area (Å²) in [5, 5.41) is 2.97. The second-order valence-corrected chi connectivity index (χ2v) is 6.05. The number of carbonyl (C=O) groups is 1. The first-order valence-electron chi connectivity index (χ1n) is 8.17. The highest BCUT2D eigenvalue weighted by molar-refractivity contribution is 5.96. The van der Waals surface area contributed by atoms with Crippen molar-refractivity contribution < 1.29 is 19.0 Å². The number of methoxy groups -OCH3 is 3. The molecular formula is C20H25NO4. The Hall–Kier alpha value is -2.69. The first kappa shape index (κ1) is 18.6. The van der Waals surface area contributed by atoms with E-state index >= 15 is 0 Å². The van der Waals surface area contributed by atoms with Crippen LogP contribution in [0.15, 0.2) is 42.5 Å². The minimum absolute atomic E-state index is 0.0626. The molecule has 0 aliphatic carbocycles. The molecule has 5 heteroatoms. The topological polar surface area (TPSA) is 56.8 Å². The highest BCUT2D eigenvalue weighted by Crippen LogP contribution is 2.34. The summed E-state index contributed by atoms with van der Waals surface area (Å²) in [7, 11) is 4.79. The first-order valence-corrected chi connectivity index (χ1v) is 8.17. The van der Waals surface area contributed by atoms with Crippen LogP contribution in [0.25, 0.3) is 0 Å². The summed E-state index contributed by atoms with van der Waals surface area (Å²) in [5.74, 6) is 1.76. The van der Waals surface area contributed by atoms with Gasteiger partial charge in [-0.05, 0) is 47.9 Å². The van der Waals surface area contributed by atoms with Gasteiger partial charge in [0.1, 0.15) is 5.75 Å². The molecule has 1 N–H and O–H groups in total. The maximum Gasteiger partial charge on any atom is 0.232 e. The van der Waals surface area contributed by atoms with Crippen molar-refractivity contribution in [3.63, 3.8) is 0 Å². The Morgan fingerprint density at radius 1 is 0.880 bits per heavy atom. The molecule has 2 aromatic carbocycles. The van der Waals surface area contributed by atoms with Gasteiger partial charge in [0, 0.05) is 5.69 Å². The monoisotopic (exact) mass is 343 g/mol. The van der Waals surface area contributed by atoms with Gasteiger partial charge in [-0.3, -0.25) is 4.79 Å². The molecule has 0 heterocycles. The van der Waals surface area contributed by atoms with Gasteiger partial charge in [0.25, 0.3) is 0 Å². The van der Waals surface area contributed by atoms with E-state index < -0.39 is 0 Å². The van der Waals surface area contributed by atoms with E-state index in [9.17, 15) is 4.79 Å². The molecule has 25 heavy (non-hydrogen) atoms. The Morgan fingerprint density at radius 3 is 2.04 bits per heavy atom. The standard InChI is InChI=1S/C20H25NO4/c1-13(2)19(14-6-11-17(24-4)18(12-14)25-5)20(22)21-15-7-9-16(23-3)10-8-15/h6-13,19H,1-5H3,(H,21,22). The zero-order chi connectivity index (χ0) is 18.4. The number of benzene rings is 2. The summed E-state index contributed by atoms with van der Waals surface area (Å²) in [6, 6.07) is 12.9. The number of carbonyl (C=O) groups excluding carboxylic acids is 1. The van der Waals surface area contributed by atoms with Crippen LogP contribution < -0.4 is 19.5 Å². The summed E-state index contributed by atoms with van der Waals surface area (Å²) >= 11 is 0. The Balaban J connectivity index is 2.25. The van der Waals surface area contributed by atoms with Crippen LogP contribution in [0.3, 0.4) is 0 Å². The van der Waals surface area contributed by atoms with E-state index in [4.69, 9.17) is 14.2 Å². The van der Waals surface area contributed by atoms with E-state index in [1.807, 2.05) is 56.3 Å². The number of hydrogen-bond acceptors (Lipinski definition) is 4. The number of nitrogens with one attached hydrogen (secondary N) is 1. The van der Waals surface area contributed by atoms with Gasteiger partial charge in [-0.25, -0.2) is 0 Å². The molecule has 0 bridgehead atoms. The van der Waals surface area contributed by atoms with E-state index in [0.717, 1.165) is 17.0 Å². The van der Waals surface area contributed by atoms with Crippen LogP contribution in [-0.2, 0) is 4.79 Å². The third-order valence-corrected chi connectivity index (χ3v) is 4.07. The van der Waals surface area contributed by atoms with Gasteiger partial charge in [-0.15, -0.1) is 0 Å². The molecule has 1 amide bonds. The van der Waals surface area contributed by atoms with Gasteiger partial charge in [0.05, 0.1) is 27.2 Å². The van der Waals surface area contributed by atoms with Crippen molar-refractivity contribution in [2.45, 2.75) is 19.8 Å². The Labute approximate surface area is 148 Å². The Bertz CT molecular complexity index is 710. The van der Waals surface area contributed by atoms with E-state index in [1.165, 1.54) is 0 Å². The third kappa shape index (κ3) is 4.44. The number of hydrogen-bond donors (Lipinski definition) is 1. The summed E-state index contributed by atoms with van der Waals surface area (Å²) in [6.07, 6.45) is 0. The van der Waals surface area contributed by atoms with E-state index in [0.29, 0.717) is 11.5 Å². The van der Waals surface area contributed by atoms with Gasteiger partial charge in [0.2, 0.25) is 5.91 Å². The minimum Gasteiger partial charge on any atom is -0.497 e. The third-order valence-electron chi connectivity index (χ3n) is 4.07. The molecule has 0 fully saturated rings. The normalized spacial score (nSPS) is 11.8. The Kier molecular flexibility index (Phi) is 6.28. The van der Waals surface area contributed by atoms with Crippen LogP contribution in [0.4, 0.5) is 5.69 Å². The van der Waals surface area contributed by atoms with Crippen molar-refractivity contribution in [1.29, 1.82) is 0 Å². The lowest BCUT2D eigenvalue weighted by atomic mass is 9.87. The smallest absolute Gasteiger partial charge is 0.232 e. The molecule has 1 unspecified atom stereocenters. The molecule has 0 aromatic heterocycles. The van der Waals surface area contributed by atoms with Crippen molar-refractivity contribution in [3.05, 3.63) is 48.0 Å². The minimum atomic E-state index is -0.304. The summed E-state index contributed by atoms with van der Waals surface area (Å²) in [4.78, 5) is 12.8. The van der Waals surface area contributed by atoms with Crippen molar-refractivity contribution in [1.82, 2.24) is 0 Å². The lowest BCUT2D eigenvalue weighted by Gasteiger charge is -2.22. The molecule has 1 atom stereocenters. The largest absolute Gasteiger partial charge is 0.497 e. The maximum absolute atomic E-state index is 12.8. The van der Waals surface area contributed by atoms with Crippen LogP contribution in [0.2, 0.25) is 0 Å². The average molecular weight is 343 g/mol. The van der Waals surface area contributed by atoms with Crippen molar-refractivity contribution in [2.24, 2.45) is 5.92 Å². The molecule has 0 saturated heterocycles. The second kappa shape index (κ2) is 8.42. The fourth-order valence-electron chi connectivity index (χ4n) is 2.78. The molecule has 2 rings (SSSR count). The SMILES string of the molecule is COc1ccc(NC(=O)C(c2ccc(OC)c(OC)c2)C(C)C)cc1. The van der Waals surface area contributed by atoms with Crippen LogP contribution in [0.1, 0.15) is 25.3 Å². The predicted molar refractivity (Wildman–Crippen MR) is 98.7 cm³/mol. The van der Waals surface area contributed by atoms with E-state index in [2.05, 4.69) is 5.32 Å². The molecule has 2 aromatic rings.